The van der Waals surface area contributed by atoms with Gasteiger partial charge in [0, 0.05) is 12.6 Å². The molecule has 0 spiro atoms. The van der Waals surface area contributed by atoms with Gasteiger partial charge in [-0.05, 0) is 29.8 Å². The van der Waals surface area contributed by atoms with E-state index >= 15 is 0 Å². The second-order valence-corrected chi connectivity index (χ2v) is 7.57. The van der Waals surface area contributed by atoms with E-state index in [9.17, 15) is 4.79 Å². The second kappa shape index (κ2) is 7.92. The molecule has 1 aliphatic rings. The Labute approximate surface area is 166 Å². The Hall–Kier alpha value is -2.33. The summed E-state index contributed by atoms with van der Waals surface area (Å²) in [5, 5.41) is 9.55. The molecule has 0 bridgehead atoms. The normalized spacial score (nSPS) is 15.4. The van der Waals surface area contributed by atoms with Crippen molar-refractivity contribution in [1.29, 1.82) is 5.26 Å². The average Bonchev–Trinajstić information content (AvgIpc) is 2.88. The Balaban J connectivity index is 1.75. The third-order valence-corrected chi connectivity index (χ3v) is 5.54. The van der Waals surface area contributed by atoms with Gasteiger partial charge in [-0.15, -0.1) is 0 Å². The van der Waals surface area contributed by atoms with E-state index in [-0.39, 0.29) is 12.5 Å². The second-order valence-electron chi connectivity index (χ2n) is 5.49. The van der Waals surface area contributed by atoms with Crippen molar-refractivity contribution in [2.75, 3.05) is 7.05 Å². The minimum atomic E-state index is -0.121. The first-order valence-corrected chi connectivity index (χ1v) is 9.22. The summed E-state index contributed by atoms with van der Waals surface area (Å²) in [6, 6.07) is 14.7. The SMILES string of the molecule is CN1C(=O)/C(=C/c2ccc(OCc3ccccc3C#N)c(Cl)c2)SC1=S. The van der Waals surface area contributed by atoms with Crippen LogP contribution < -0.4 is 4.74 Å². The lowest BCUT2D eigenvalue weighted by Gasteiger charge is -2.10. The maximum atomic E-state index is 12.1. The van der Waals surface area contributed by atoms with Crippen LogP contribution in [-0.4, -0.2) is 22.2 Å². The van der Waals surface area contributed by atoms with Crippen molar-refractivity contribution in [2.45, 2.75) is 6.61 Å². The molecule has 7 heteroatoms. The molecule has 2 aromatic rings. The molecule has 1 amide bonds. The molecule has 0 radical (unpaired) electrons. The van der Waals surface area contributed by atoms with Crippen LogP contribution in [0.2, 0.25) is 5.02 Å². The molecule has 26 heavy (non-hydrogen) atoms. The number of thiocarbonyl (C=S) groups is 1. The summed E-state index contributed by atoms with van der Waals surface area (Å²) in [5.74, 6) is 0.393. The fourth-order valence-electron chi connectivity index (χ4n) is 2.33. The van der Waals surface area contributed by atoms with Crippen LogP contribution in [0.5, 0.6) is 5.75 Å². The van der Waals surface area contributed by atoms with Crippen molar-refractivity contribution >= 4 is 51.9 Å². The van der Waals surface area contributed by atoms with E-state index in [0.29, 0.717) is 25.6 Å². The molecular formula is C19H13ClN2O2S2. The predicted molar refractivity (Wildman–Crippen MR) is 108 cm³/mol. The molecule has 1 fully saturated rings. The molecule has 0 aliphatic carbocycles. The van der Waals surface area contributed by atoms with Gasteiger partial charge < -0.3 is 4.74 Å². The molecule has 0 aromatic heterocycles. The van der Waals surface area contributed by atoms with E-state index in [1.54, 1.807) is 31.3 Å². The van der Waals surface area contributed by atoms with Crippen LogP contribution in [-0.2, 0) is 11.4 Å². The van der Waals surface area contributed by atoms with Crippen molar-refractivity contribution in [3.05, 3.63) is 69.1 Å². The molecule has 1 aliphatic heterocycles. The Morgan fingerprint density at radius 1 is 1.35 bits per heavy atom. The zero-order chi connectivity index (χ0) is 18.7. The van der Waals surface area contributed by atoms with Crippen LogP contribution in [0.1, 0.15) is 16.7 Å². The first-order chi connectivity index (χ1) is 12.5. The van der Waals surface area contributed by atoms with E-state index in [0.717, 1.165) is 11.1 Å². The van der Waals surface area contributed by atoms with Gasteiger partial charge in [0.2, 0.25) is 0 Å². The lowest BCUT2D eigenvalue weighted by molar-refractivity contribution is -0.121. The number of ether oxygens (including phenoxy) is 1. The van der Waals surface area contributed by atoms with Crippen LogP contribution in [0.25, 0.3) is 6.08 Å². The van der Waals surface area contributed by atoms with Gasteiger partial charge in [-0.1, -0.05) is 59.8 Å². The van der Waals surface area contributed by atoms with Gasteiger partial charge in [0.25, 0.3) is 5.91 Å². The number of carbonyl (C=O) groups excluding carboxylic acids is 1. The summed E-state index contributed by atoms with van der Waals surface area (Å²) in [4.78, 5) is 14.1. The number of likely N-dealkylation sites (N-methyl/N-ethyl adjacent to an activating group) is 1. The summed E-state index contributed by atoms with van der Waals surface area (Å²) in [6.07, 6.45) is 1.75. The van der Waals surface area contributed by atoms with Gasteiger partial charge in [0.15, 0.2) is 0 Å². The zero-order valence-electron chi connectivity index (χ0n) is 13.7. The van der Waals surface area contributed by atoms with Crippen LogP contribution in [0.3, 0.4) is 0 Å². The zero-order valence-corrected chi connectivity index (χ0v) is 16.1. The molecule has 0 saturated carbocycles. The third kappa shape index (κ3) is 3.91. The lowest BCUT2D eigenvalue weighted by atomic mass is 10.1. The maximum absolute atomic E-state index is 12.1. The van der Waals surface area contributed by atoms with E-state index in [4.69, 9.17) is 33.8 Å². The molecular weight excluding hydrogens is 388 g/mol. The molecule has 130 valence electrons. The first-order valence-electron chi connectivity index (χ1n) is 7.61. The smallest absolute Gasteiger partial charge is 0.265 e. The van der Waals surface area contributed by atoms with Crippen molar-refractivity contribution < 1.29 is 9.53 Å². The van der Waals surface area contributed by atoms with Crippen molar-refractivity contribution in [3.63, 3.8) is 0 Å². The molecule has 1 saturated heterocycles. The quantitative estimate of drug-likeness (QED) is 0.553. The summed E-state index contributed by atoms with van der Waals surface area (Å²) < 4.78 is 6.27. The first kappa shape index (κ1) is 18.5. The van der Waals surface area contributed by atoms with Gasteiger partial charge in [0.05, 0.1) is 21.6 Å². The highest BCUT2D eigenvalue weighted by molar-refractivity contribution is 8.26. The molecule has 0 atom stereocenters. The van der Waals surface area contributed by atoms with Crippen molar-refractivity contribution in [1.82, 2.24) is 4.90 Å². The fraction of sp³-hybridized carbons (Fsp3) is 0.105. The van der Waals surface area contributed by atoms with Gasteiger partial charge in [-0.2, -0.15) is 5.26 Å². The van der Waals surface area contributed by atoms with Crippen LogP contribution in [0.15, 0.2) is 47.4 Å². The van der Waals surface area contributed by atoms with E-state index in [1.807, 2.05) is 24.3 Å². The molecule has 1 heterocycles. The monoisotopic (exact) mass is 400 g/mol. The Morgan fingerprint density at radius 2 is 2.12 bits per heavy atom. The Bertz CT molecular complexity index is 966. The topological polar surface area (TPSA) is 53.3 Å². The van der Waals surface area contributed by atoms with E-state index in [1.165, 1.54) is 16.7 Å². The highest BCUT2D eigenvalue weighted by atomic mass is 35.5. The van der Waals surface area contributed by atoms with Gasteiger partial charge >= 0.3 is 0 Å². The minimum absolute atomic E-state index is 0.121. The number of benzene rings is 2. The fourth-order valence-corrected chi connectivity index (χ4v) is 3.75. The number of nitriles is 1. The molecule has 0 N–H and O–H groups in total. The Morgan fingerprint density at radius 3 is 2.77 bits per heavy atom. The average molecular weight is 401 g/mol. The van der Waals surface area contributed by atoms with Crippen molar-refractivity contribution in [3.8, 4) is 11.8 Å². The summed E-state index contributed by atoms with van der Waals surface area (Å²) >= 11 is 12.7. The molecule has 3 rings (SSSR count). The predicted octanol–water partition coefficient (Wildman–Crippen LogP) is 4.62. The minimum Gasteiger partial charge on any atom is -0.487 e. The van der Waals surface area contributed by atoms with E-state index < -0.39 is 0 Å². The largest absolute Gasteiger partial charge is 0.487 e. The molecule has 2 aromatic carbocycles. The number of carbonyl (C=O) groups is 1. The lowest BCUT2D eigenvalue weighted by Crippen LogP contribution is -2.22. The van der Waals surface area contributed by atoms with Crippen LogP contribution >= 0.6 is 35.6 Å². The maximum Gasteiger partial charge on any atom is 0.265 e. The highest BCUT2D eigenvalue weighted by Crippen LogP contribution is 2.33. The standard InChI is InChI=1S/C19H13ClN2O2S2/c1-22-18(23)17(26-19(22)25)9-12-6-7-16(15(20)8-12)24-11-14-5-3-2-4-13(14)10-21/h2-9H,11H2,1H3/b17-9-. The number of nitrogens with zero attached hydrogens (tertiary/aromatic N) is 2. The number of hydrogen-bond acceptors (Lipinski definition) is 5. The number of halogens is 1. The number of rotatable bonds is 4. The van der Waals surface area contributed by atoms with Gasteiger partial charge in [-0.3, -0.25) is 9.69 Å². The number of amides is 1. The molecule has 4 nitrogen and oxygen atoms in total. The van der Waals surface area contributed by atoms with E-state index in [2.05, 4.69) is 6.07 Å². The van der Waals surface area contributed by atoms with Crippen LogP contribution in [0, 0.1) is 11.3 Å². The van der Waals surface area contributed by atoms with Crippen molar-refractivity contribution in [2.24, 2.45) is 0 Å². The van der Waals surface area contributed by atoms with Gasteiger partial charge in [-0.25, -0.2) is 0 Å². The Kier molecular flexibility index (Phi) is 5.62. The third-order valence-electron chi connectivity index (χ3n) is 3.76. The number of thioether (sulfide) groups is 1. The summed E-state index contributed by atoms with van der Waals surface area (Å²) in [6.45, 7) is 0.247. The molecule has 0 unspecified atom stereocenters. The highest BCUT2D eigenvalue weighted by Gasteiger charge is 2.28. The van der Waals surface area contributed by atoms with Gasteiger partial charge in [0.1, 0.15) is 16.7 Å². The number of hydrogen-bond donors (Lipinski definition) is 0. The summed E-state index contributed by atoms with van der Waals surface area (Å²) in [7, 11) is 1.65. The summed E-state index contributed by atoms with van der Waals surface area (Å²) in [5.41, 5.74) is 2.15. The van der Waals surface area contributed by atoms with Crippen LogP contribution in [0.4, 0.5) is 0 Å².